The second kappa shape index (κ2) is 11.4. The number of anilines is 1. The molecule has 5 rings (SSSR count). The van der Waals surface area contributed by atoms with Gasteiger partial charge < -0.3 is 14.5 Å². The van der Waals surface area contributed by atoms with Crippen LogP contribution >= 0.6 is 0 Å². The van der Waals surface area contributed by atoms with E-state index in [-0.39, 0.29) is 36.2 Å². The van der Waals surface area contributed by atoms with Crippen LogP contribution in [0.1, 0.15) is 24.5 Å². The van der Waals surface area contributed by atoms with Gasteiger partial charge in [-0.15, -0.1) is 0 Å². The van der Waals surface area contributed by atoms with Crippen molar-refractivity contribution in [1.29, 1.82) is 5.26 Å². The van der Waals surface area contributed by atoms with Gasteiger partial charge in [-0.1, -0.05) is 23.8 Å². The Bertz CT molecular complexity index is 1690. The minimum absolute atomic E-state index is 0.0598. The molecule has 3 heterocycles. The SMILES string of the molecule is Cc1ccc(OC(F)F)c(Cn2c3cc(-c4cnc(N5CCN(C(=O)CC#N)C(C)C5)nc4)ccc3c(=O)n2C)c1. The van der Waals surface area contributed by atoms with E-state index in [9.17, 15) is 18.4 Å². The summed E-state index contributed by atoms with van der Waals surface area (Å²) in [4.78, 5) is 38.0. The Hall–Kier alpha value is -4.79. The van der Waals surface area contributed by atoms with Crippen molar-refractivity contribution >= 4 is 22.8 Å². The summed E-state index contributed by atoms with van der Waals surface area (Å²) in [6.07, 6.45) is 3.29. The summed E-state index contributed by atoms with van der Waals surface area (Å²) >= 11 is 0. The summed E-state index contributed by atoms with van der Waals surface area (Å²) in [7, 11) is 1.64. The second-order valence-corrected chi connectivity index (χ2v) is 10.1. The van der Waals surface area contributed by atoms with Crippen LogP contribution in [0.2, 0.25) is 0 Å². The van der Waals surface area contributed by atoms with Crippen molar-refractivity contribution in [3.8, 4) is 22.9 Å². The molecule has 1 unspecified atom stereocenters. The summed E-state index contributed by atoms with van der Waals surface area (Å²) in [6.45, 7) is 2.57. The number of carbonyl (C=O) groups is 1. The molecule has 2 aromatic carbocycles. The van der Waals surface area contributed by atoms with E-state index in [1.807, 2.05) is 36.9 Å². The van der Waals surface area contributed by atoms with E-state index in [0.29, 0.717) is 42.0 Å². The minimum atomic E-state index is -2.96. The maximum atomic E-state index is 13.0. The topological polar surface area (TPSA) is 109 Å². The quantitative estimate of drug-likeness (QED) is 0.338. The maximum Gasteiger partial charge on any atom is 0.387 e. The van der Waals surface area contributed by atoms with E-state index in [4.69, 9.17) is 10.00 Å². The molecule has 10 nitrogen and oxygen atoms in total. The number of amides is 1. The first kappa shape index (κ1) is 27.8. The molecule has 0 saturated carbocycles. The fourth-order valence-corrected chi connectivity index (χ4v) is 5.26. The van der Waals surface area contributed by atoms with E-state index in [1.165, 1.54) is 10.7 Å². The number of nitriles is 1. The maximum absolute atomic E-state index is 13.0. The number of halogens is 2. The van der Waals surface area contributed by atoms with Crippen LogP contribution in [0, 0.1) is 18.3 Å². The standard InChI is InChI=1S/C29H29F2N7O3/c1-18-4-7-25(41-28(30)31)21(12-18)17-38-24-13-20(5-6-23(24)27(40)35(38)3)22-14-33-29(34-15-22)36-10-11-37(19(2)16-36)26(39)8-9-32/h4-7,12-15,19,28H,8,10-11,16-17H2,1-3H3. The number of rotatable bonds is 7. The van der Waals surface area contributed by atoms with Gasteiger partial charge in [0.2, 0.25) is 11.9 Å². The molecule has 1 fully saturated rings. The molecule has 212 valence electrons. The van der Waals surface area contributed by atoms with Gasteiger partial charge in [-0.2, -0.15) is 14.0 Å². The molecular weight excluding hydrogens is 532 g/mol. The number of alkyl halides is 2. The predicted octanol–water partition coefficient (Wildman–Crippen LogP) is 3.71. The van der Waals surface area contributed by atoms with Crippen LogP contribution < -0.4 is 15.2 Å². The molecule has 41 heavy (non-hydrogen) atoms. The van der Waals surface area contributed by atoms with Crippen LogP contribution in [0.4, 0.5) is 14.7 Å². The Morgan fingerprint density at radius 3 is 2.59 bits per heavy atom. The molecule has 0 spiro atoms. The molecule has 1 saturated heterocycles. The lowest BCUT2D eigenvalue weighted by atomic mass is 10.1. The number of aryl methyl sites for hydroxylation is 1. The van der Waals surface area contributed by atoms with Gasteiger partial charge in [-0.05, 0) is 37.6 Å². The van der Waals surface area contributed by atoms with E-state index in [1.54, 1.807) is 47.2 Å². The van der Waals surface area contributed by atoms with Crippen molar-refractivity contribution in [1.82, 2.24) is 24.2 Å². The first-order chi connectivity index (χ1) is 19.7. The van der Waals surface area contributed by atoms with Crippen molar-refractivity contribution in [3.05, 3.63) is 70.3 Å². The first-order valence-electron chi connectivity index (χ1n) is 13.1. The molecule has 12 heteroatoms. The van der Waals surface area contributed by atoms with Gasteiger partial charge in [0.25, 0.3) is 5.56 Å². The van der Waals surface area contributed by atoms with Gasteiger partial charge in [0.05, 0.1) is 23.5 Å². The first-order valence-corrected chi connectivity index (χ1v) is 13.1. The Morgan fingerprint density at radius 2 is 1.90 bits per heavy atom. The zero-order chi connectivity index (χ0) is 29.3. The molecule has 0 aliphatic carbocycles. The van der Waals surface area contributed by atoms with Gasteiger partial charge in [0, 0.05) is 56.2 Å². The van der Waals surface area contributed by atoms with Gasteiger partial charge in [-0.25, -0.2) is 9.97 Å². The van der Waals surface area contributed by atoms with E-state index < -0.39 is 6.61 Å². The van der Waals surface area contributed by atoms with E-state index >= 15 is 0 Å². The normalized spacial score (nSPS) is 15.4. The lowest BCUT2D eigenvalue weighted by Gasteiger charge is -2.39. The third kappa shape index (κ3) is 5.61. The Kier molecular flexibility index (Phi) is 7.70. The highest BCUT2D eigenvalue weighted by Crippen LogP contribution is 2.27. The second-order valence-electron chi connectivity index (χ2n) is 10.1. The number of ether oxygens (including phenoxy) is 1. The number of aromatic nitrogens is 4. The van der Waals surface area contributed by atoms with Gasteiger partial charge in [0.1, 0.15) is 12.2 Å². The fraction of sp³-hybridized carbons (Fsp3) is 0.345. The Balaban J connectivity index is 1.41. The molecule has 2 aromatic heterocycles. The molecular formula is C29H29F2N7O3. The lowest BCUT2D eigenvalue weighted by Crippen LogP contribution is -2.54. The van der Waals surface area contributed by atoms with Crippen molar-refractivity contribution in [2.45, 2.75) is 39.5 Å². The largest absolute Gasteiger partial charge is 0.434 e. The molecule has 1 aliphatic rings. The average Bonchev–Trinajstić information content (AvgIpc) is 3.18. The summed E-state index contributed by atoms with van der Waals surface area (Å²) in [5.74, 6) is 0.423. The minimum Gasteiger partial charge on any atom is -0.434 e. The molecule has 0 bridgehead atoms. The zero-order valence-corrected chi connectivity index (χ0v) is 22.9. The molecule has 1 atom stereocenters. The number of nitrogens with zero attached hydrogens (tertiary/aromatic N) is 7. The molecule has 4 aromatic rings. The molecule has 0 radical (unpaired) electrons. The average molecular weight is 562 g/mol. The summed E-state index contributed by atoms with van der Waals surface area (Å²) in [6, 6.07) is 12.2. The molecule has 1 aliphatic heterocycles. The number of hydrogen-bond acceptors (Lipinski definition) is 7. The summed E-state index contributed by atoms with van der Waals surface area (Å²) in [5.41, 5.74) is 3.37. The molecule has 0 N–H and O–H groups in total. The highest BCUT2D eigenvalue weighted by atomic mass is 19.3. The van der Waals surface area contributed by atoms with E-state index in [0.717, 1.165) is 16.7 Å². The summed E-state index contributed by atoms with van der Waals surface area (Å²) in [5, 5.41) is 9.33. The highest BCUT2D eigenvalue weighted by Gasteiger charge is 2.28. The Labute approximate surface area is 235 Å². The van der Waals surface area contributed by atoms with Crippen LogP contribution in [-0.2, 0) is 18.4 Å². The number of carbonyl (C=O) groups excluding carboxylic acids is 1. The lowest BCUT2D eigenvalue weighted by molar-refractivity contribution is -0.132. The number of piperazine rings is 1. The van der Waals surface area contributed by atoms with Gasteiger partial charge in [0.15, 0.2) is 0 Å². The number of fused-ring (bicyclic) bond motifs is 1. The highest BCUT2D eigenvalue weighted by molar-refractivity contribution is 5.84. The fourth-order valence-electron chi connectivity index (χ4n) is 5.26. The van der Waals surface area contributed by atoms with Gasteiger partial charge in [-0.3, -0.25) is 19.0 Å². The van der Waals surface area contributed by atoms with Crippen LogP contribution in [-0.4, -0.2) is 62.4 Å². The smallest absolute Gasteiger partial charge is 0.387 e. The zero-order valence-electron chi connectivity index (χ0n) is 22.9. The Morgan fingerprint density at radius 1 is 1.15 bits per heavy atom. The van der Waals surface area contributed by atoms with Gasteiger partial charge >= 0.3 is 6.61 Å². The van der Waals surface area contributed by atoms with Crippen LogP contribution in [0.5, 0.6) is 5.75 Å². The number of hydrogen-bond donors (Lipinski definition) is 0. The summed E-state index contributed by atoms with van der Waals surface area (Å²) < 4.78 is 34.0. The van der Waals surface area contributed by atoms with Crippen molar-refractivity contribution < 1.29 is 18.3 Å². The van der Waals surface area contributed by atoms with Crippen LogP contribution in [0.25, 0.3) is 22.0 Å². The van der Waals surface area contributed by atoms with Crippen molar-refractivity contribution in [2.24, 2.45) is 7.05 Å². The predicted molar refractivity (Wildman–Crippen MR) is 149 cm³/mol. The van der Waals surface area contributed by atoms with Crippen molar-refractivity contribution in [3.63, 3.8) is 0 Å². The monoisotopic (exact) mass is 561 g/mol. The molecule has 1 amide bonds. The van der Waals surface area contributed by atoms with Crippen LogP contribution in [0.3, 0.4) is 0 Å². The number of benzene rings is 2. The van der Waals surface area contributed by atoms with Crippen molar-refractivity contribution in [2.75, 3.05) is 24.5 Å². The van der Waals surface area contributed by atoms with E-state index in [2.05, 4.69) is 9.97 Å². The van der Waals surface area contributed by atoms with Crippen LogP contribution in [0.15, 0.2) is 53.6 Å². The third-order valence-electron chi connectivity index (χ3n) is 7.35. The third-order valence-corrected chi connectivity index (χ3v) is 7.35.